The minimum atomic E-state index is -0.878. The molecule has 82 valence electrons. The molecule has 0 aliphatic carbocycles. The number of carboxylic acid groups (broad SMARTS) is 1. The molecule has 1 aliphatic heterocycles. The Kier molecular flexibility index (Phi) is 2.68. The van der Waals surface area contributed by atoms with Crippen molar-refractivity contribution in [1.82, 2.24) is 14.9 Å². The van der Waals surface area contributed by atoms with Crippen molar-refractivity contribution < 1.29 is 9.90 Å². The van der Waals surface area contributed by atoms with Crippen LogP contribution in [0.2, 0.25) is 0 Å². The summed E-state index contributed by atoms with van der Waals surface area (Å²) in [6.45, 7) is 2.63. The Morgan fingerprint density at radius 1 is 1.80 bits per heavy atom. The molecule has 15 heavy (non-hydrogen) atoms. The molecule has 0 unspecified atom stereocenters. The zero-order valence-corrected chi connectivity index (χ0v) is 9.86. The van der Waals surface area contributed by atoms with E-state index in [1.165, 1.54) is 4.90 Å². The number of likely N-dealkylation sites (tertiary alicyclic amines) is 1. The van der Waals surface area contributed by atoms with Gasteiger partial charge in [-0.1, -0.05) is 6.92 Å². The molecule has 0 saturated carbocycles. The second-order valence-corrected chi connectivity index (χ2v) is 4.76. The third kappa shape index (κ3) is 1.99. The number of amides is 1. The Balaban J connectivity index is 2.24. The number of aromatic amines is 1. The second-order valence-electron chi connectivity index (χ2n) is 3.91. The molecule has 1 fully saturated rings. The number of nitrogens with zero attached hydrogens (tertiary/aromatic N) is 2. The van der Waals surface area contributed by atoms with Gasteiger partial charge in [-0.15, -0.1) is 0 Å². The topological polar surface area (TPSA) is 69.2 Å². The standard InChI is InChI=1S/C9H12BrN3O2/c1-5-2-6(13(4-5)9(14)15)8-11-3-7(10)12-8/h3,5-6H,2,4H2,1H3,(H,11,12)(H,14,15)/t5-,6-/m0/s1. The van der Waals surface area contributed by atoms with Crippen LogP contribution in [0.25, 0.3) is 0 Å². The number of imidazole rings is 1. The zero-order valence-electron chi connectivity index (χ0n) is 8.27. The number of hydrogen-bond acceptors (Lipinski definition) is 2. The molecule has 0 aromatic carbocycles. The molecule has 2 rings (SSSR count). The molecule has 1 aromatic rings. The highest BCUT2D eigenvalue weighted by atomic mass is 79.9. The highest BCUT2D eigenvalue weighted by Gasteiger charge is 2.35. The first kappa shape index (κ1) is 10.5. The summed E-state index contributed by atoms with van der Waals surface area (Å²) in [7, 11) is 0. The van der Waals surface area contributed by atoms with Gasteiger partial charge in [0, 0.05) is 6.54 Å². The average molecular weight is 274 g/mol. The van der Waals surface area contributed by atoms with Crippen LogP contribution >= 0.6 is 15.9 Å². The molecule has 0 bridgehead atoms. The van der Waals surface area contributed by atoms with Crippen LogP contribution in [0.5, 0.6) is 0 Å². The Bertz CT molecular complexity index is 379. The predicted molar refractivity (Wildman–Crippen MR) is 57.5 cm³/mol. The number of aromatic nitrogens is 2. The van der Waals surface area contributed by atoms with Gasteiger partial charge in [0.2, 0.25) is 0 Å². The van der Waals surface area contributed by atoms with Crippen LogP contribution in [0, 0.1) is 5.92 Å². The van der Waals surface area contributed by atoms with Crippen molar-refractivity contribution in [3.05, 3.63) is 16.6 Å². The molecule has 1 amide bonds. The van der Waals surface area contributed by atoms with Crippen LogP contribution < -0.4 is 0 Å². The largest absolute Gasteiger partial charge is 0.465 e. The summed E-state index contributed by atoms with van der Waals surface area (Å²) < 4.78 is 0.780. The maximum absolute atomic E-state index is 11.0. The van der Waals surface area contributed by atoms with E-state index in [2.05, 4.69) is 25.9 Å². The molecule has 2 N–H and O–H groups in total. The molecule has 0 radical (unpaired) electrons. The smallest absolute Gasteiger partial charge is 0.407 e. The van der Waals surface area contributed by atoms with Gasteiger partial charge < -0.3 is 10.1 Å². The minimum Gasteiger partial charge on any atom is -0.465 e. The first-order valence-electron chi connectivity index (χ1n) is 4.78. The maximum atomic E-state index is 11.0. The number of nitrogens with one attached hydrogen (secondary N) is 1. The van der Waals surface area contributed by atoms with Crippen LogP contribution in [-0.2, 0) is 0 Å². The molecular weight excluding hydrogens is 262 g/mol. The third-order valence-electron chi connectivity index (χ3n) is 2.64. The molecule has 5 nitrogen and oxygen atoms in total. The summed E-state index contributed by atoms with van der Waals surface area (Å²) in [6.07, 6.45) is 1.60. The highest BCUT2D eigenvalue weighted by molar-refractivity contribution is 9.10. The Morgan fingerprint density at radius 3 is 3.07 bits per heavy atom. The lowest BCUT2D eigenvalue weighted by molar-refractivity contribution is 0.138. The molecule has 1 aromatic heterocycles. The van der Waals surface area contributed by atoms with Gasteiger partial charge in [-0.05, 0) is 28.3 Å². The lowest BCUT2D eigenvalue weighted by Crippen LogP contribution is -2.29. The van der Waals surface area contributed by atoms with Gasteiger partial charge in [0.05, 0.1) is 12.2 Å². The number of halogens is 1. The van der Waals surface area contributed by atoms with Gasteiger partial charge in [0.25, 0.3) is 0 Å². The first-order valence-corrected chi connectivity index (χ1v) is 5.57. The molecular formula is C9H12BrN3O2. The fraction of sp³-hybridized carbons (Fsp3) is 0.556. The fourth-order valence-electron chi connectivity index (χ4n) is 2.00. The van der Waals surface area contributed by atoms with Crippen molar-refractivity contribution in [3.63, 3.8) is 0 Å². The summed E-state index contributed by atoms with van der Waals surface area (Å²) in [5, 5.41) is 9.04. The minimum absolute atomic E-state index is 0.135. The predicted octanol–water partition coefficient (Wildman–Crippen LogP) is 2.23. The molecule has 1 saturated heterocycles. The van der Waals surface area contributed by atoms with E-state index in [1.54, 1.807) is 6.20 Å². The summed E-state index contributed by atoms with van der Waals surface area (Å²) in [5.74, 6) is 1.10. The van der Waals surface area contributed by atoms with E-state index in [-0.39, 0.29) is 6.04 Å². The zero-order chi connectivity index (χ0) is 11.0. The lowest BCUT2D eigenvalue weighted by atomic mass is 10.1. The monoisotopic (exact) mass is 273 g/mol. The molecule has 1 aliphatic rings. The molecule has 2 heterocycles. The normalized spacial score (nSPS) is 25.9. The van der Waals surface area contributed by atoms with Gasteiger partial charge in [-0.2, -0.15) is 0 Å². The molecule has 6 heteroatoms. The number of rotatable bonds is 1. The van der Waals surface area contributed by atoms with E-state index in [0.717, 1.165) is 11.0 Å². The summed E-state index contributed by atoms with van der Waals surface area (Å²) >= 11 is 3.27. The van der Waals surface area contributed by atoms with E-state index in [0.29, 0.717) is 18.3 Å². The Morgan fingerprint density at radius 2 is 2.53 bits per heavy atom. The van der Waals surface area contributed by atoms with Crippen molar-refractivity contribution in [2.75, 3.05) is 6.54 Å². The second kappa shape index (κ2) is 3.84. The average Bonchev–Trinajstić information content (AvgIpc) is 2.71. The van der Waals surface area contributed by atoms with E-state index in [9.17, 15) is 4.79 Å². The van der Waals surface area contributed by atoms with Crippen LogP contribution in [0.4, 0.5) is 4.79 Å². The van der Waals surface area contributed by atoms with Crippen molar-refractivity contribution in [3.8, 4) is 0 Å². The van der Waals surface area contributed by atoms with Gasteiger partial charge in [-0.3, -0.25) is 4.90 Å². The van der Waals surface area contributed by atoms with Gasteiger partial charge in [0.15, 0.2) is 0 Å². The van der Waals surface area contributed by atoms with E-state index < -0.39 is 6.09 Å². The Hall–Kier alpha value is -1.04. The maximum Gasteiger partial charge on any atom is 0.407 e. The number of carbonyl (C=O) groups is 1. The van der Waals surface area contributed by atoms with Gasteiger partial charge in [0.1, 0.15) is 10.4 Å². The van der Waals surface area contributed by atoms with E-state index >= 15 is 0 Å². The van der Waals surface area contributed by atoms with E-state index in [1.807, 2.05) is 6.92 Å². The van der Waals surface area contributed by atoms with E-state index in [4.69, 9.17) is 5.11 Å². The quantitative estimate of drug-likeness (QED) is 0.825. The SMILES string of the molecule is C[C@H]1C[C@@H](c2ncc(Br)[nH]2)N(C(=O)O)C1. The van der Waals surface area contributed by atoms with Crippen LogP contribution in [0.3, 0.4) is 0 Å². The summed E-state index contributed by atoms with van der Waals surface area (Å²) in [5.41, 5.74) is 0. The summed E-state index contributed by atoms with van der Waals surface area (Å²) in [4.78, 5) is 19.6. The van der Waals surface area contributed by atoms with Crippen molar-refractivity contribution in [2.24, 2.45) is 5.92 Å². The van der Waals surface area contributed by atoms with Crippen molar-refractivity contribution in [1.29, 1.82) is 0 Å². The van der Waals surface area contributed by atoms with Crippen LogP contribution in [0.15, 0.2) is 10.8 Å². The van der Waals surface area contributed by atoms with Crippen LogP contribution in [0.1, 0.15) is 25.2 Å². The van der Waals surface area contributed by atoms with Gasteiger partial charge in [-0.25, -0.2) is 9.78 Å². The molecule has 2 atom stereocenters. The number of hydrogen-bond donors (Lipinski definition) is 2. The fourth-order valence-corrected chi connectivity index (χ4v) is 2.30. The van der Waals surface area contributed by atoms with Gasteiger partial charge >= 0.3 is 6.09 Å². The van der Waals surface area contributed by atoms with Crippen molar-refractivity contribution >= 4 is 22.0 Å². The number of H-pyrrole nitrogens is 1. The highest BCUT2D eigenvalue weighted by Crippen LogP contribution is 2.33. The van der Waals surface area contributed by atoms with Crippen molar-refractivity contribution in [2.45, 2.75) is 19.4 Å². The first-order chi connectivity index (χ1) is 7.08. The summed E-state index contributed by atoms with van der Waals surface area (Å²) in [6, 6.07) is -0.135. The lowest BCUT2D eigenvalue weighted by Gasteiger charge is -2.19. The van der Waals surface area contributed by atoms with Crippen LogP contribution in [-0.4, -0.2) is 32.6 Å². The Labute approximate surface area is 95.6 Å². The third-order valence-corrected chi connectivity index (χ3v) is 3.04. The molecule has 0 spiro atoms.